The van der Waals surface area contributed by atoms with E-state index in [0.717, 1.165) is 41.5 Å². The fourth-order valence-electron chi connectivity index (χ4n) is 4.40. The predicted molar refractivity (Wildman–Crippen MR) is 127 cm³/mol. The highest BCUT2D eigenvalue weighted by Crippen LogP contribution is 2.33. The van der Waals surface area contributed by atoms with Crippen molar-refractivity contribution in [2.24, 2.45) is 5.92 Å². The molecule has 2 aromatic rings. The first kappa shape index (κ1) is 22.6. The molecular formula is C27H28O6. The molecule has 0 aliphatic carbocycles. The van der Waals surface area contributed by atoms with Crippen LogP contribution in [0.25, 0.3) is 0 Å². The number of allylic oxidation sites excluding steroid dienone is 2. The van der Waals surface area contributed by atoms with E-state index >= 15 is 0 Å². The van der Waals surface area contributed by atoms with Crippen molar-refractivity contribution < 1.29 is 19.7 Å². The van der Waals surface area contributed by atoms with Crippen LogP contribution in [0, 0.1) is 19.8 Å². The minimum atomic E-state index is -0.454. The van der Waals surface area contributed by atoms with Crippen molar-refractivity contribution in [3.63, 3.8) is 0 Å². The monoisotopic (exact) mass is 448 g/mol. The molecule has 2 aliphatic heterocycles. The van der Waals surface area contributed by atoms with Gasteiger partial charge >= 0.3 is 0 Å². The Bertz CT molecular complexity index is 1260. The van der Waals surface area contributed by atoms with Gasteiger partial charge in [0.15, 0.2) is 11.5 Å². The zero-order valence-electron chi connectivity index (χ0n) is 19.0. The van der Waals surface area contributed by atoms with Crippen molar-refractivity contribution in [2.45, 2.75) is 52.2 Å². The normalized spacial score (nSPS) is 21.8. The molecule has 0 fully saturated rings. The molecule has 3 unspecified atom stereocenters. The summed E-state index contributed by atoms with van der Waals surface area (Å²) in [7, 11) is 0. The number of rotatable bonds is 3. The molecule has 2 heterocycles. The quantitative estimate of drug-likeness (QED) is 0.693. The highest BCUT2D eigenvalue weighted by atomic mass is 16.5. The Morgan fingerprint density at radius 1 is 0.848 bits per heavy atom. The van der Waals surface area contributed by atoms with Gasteiger partial charge in [0, 0.05) is 18.1 Å². The maximum Gasteiger partial charge on any atom is 0.223 e. The summed E-state index contributed by atoms with van der Waals surface area (Å²) in [6.45, 7) is 5.82. The number of ether oxygens (including phenoxy) is 2. The van der Waals surface area contributed by atoms with Crippen molar-refractivity contribution >= 4 is 0 Å². The number of aromatic hydroxyl groups is 2. The van der Waals surface area contributed by atoms with E-state index < -0.39 is 10.9 Å². The standard InChI is InChI=1S/C27H28O6/c1-15-11-21(28)23(30)13-26-19(15)9-8-18(32-26)6-4-5-7-25-17(3)10-20-16(2)12-22(29)24(31)14-27(20)33-25/h4-7,11-14,17-18,25H,8-10H2,1-3H3,(H,28,30)(H,29,31). The lowest BCUT2D eigenvalue weighted by Crippen LogP contribution is -2.29. The van der Waals surface area contributed by atoms with Crippen molar-refractivity contribution in [3.05, 3.63) is 91.3 Å². The van der Waals surface area contributed by atoms with Gasteiger partial charge in [-0.05, 0) is 79.6 Å². The highest BCUT2D eigenvalue weighted by Gasteiger charge is 2.26. The van der Waals surface area contributed by atoms with Crippen LogP contribution in [0.2, 0.25) is 0 Å². The molecule has 0 aromatic heterocycles. The smallest absolute Gasteiger partial charge is 0.223 e. The van der Waals surface area contributed by atoms with Gasteiger partial charge in [0.1, 0.15) is 23.7 Å². The van der Waals surface area contributed by atoms with Gasteiger partial charge in [-0.2, -0.15) is 0 Å². The average Bonchev–Trinajstić information content (AvgIpc) is 2.94. The molecular weight excluding hydrogens is 420 g/mol. The van der Waals surface area contributed by atoms with Crippen LogP contribution in [0.15, 0.2) is 58.2 Å². The predicted octanol–water partition coefficient (Wildman–Crippen LogP) is 3.88. The van der Waals surface area contributed by atoms with Gasteiger partial charge < -0.3 is 19.7 Å². The summed E-state index contributed by atoms with van der Waals surface area (Å²) in [4.78, 5) is 24.0. The third kappa shape index (κ3) is 4.80. The van der Waals surface area contributed by atoms with Crippen molar-refractivity contribution in [1.29, 1.82) is 0 Å². The zero-order valence-corrected chi connectivity index (χ0v) is 19.0. The molecule has 0 amide bonds. The lowest BCUT2D eigenvalue weighted by molar-refractivity contribution is 0.165. The summed E-state index contributed by atoms with van der Waals surface area (Å²) in [6, 6.07) is 5.70. The third-order valence-corrected chi connectivity index (χ3v) is 6.33. The van der Waals surface area contributed by atoms with Crippen LogP contribution in [-0.4, -0.2) is 22.4 Å². The second kappa shape index (κ2) is 9.14. The summed E-state index contributed by atoms with van der Waals surface area (Å²) in [5.74, 6) is 0.687. The van der Waals surface area contributed by atoms with Crippen molar-refractivity contribution in [3.8, 4) is 23.0 Å². The fourth-order valence-corrected chi connectivity index (χ4v) is 4.40. The molecule has 6 heteroatoms. The Hall–Kier alpha value is -3.54. The summed E-state index contributed by atoms with van der Waals surface area (Å²) in [5.41, 5.74) is 2.67. The van der Waals surface area contributed by atoms with Crippen LogP contribution in [0.1, 0.15) is 35.6 Å². The molecule has 0 saturated heterocycles. The van der Waals surface area contributed by atoms with E-state index in [2.05, 4.69) is 6.92 Å². The molecule has 2 aliphatic rings. The molecule has 0 spiro atoms. The maximum atomic E-state index is 12.0. The highest BCUT2D eigenvalue weighted by molar-refractivity contribution is 5.45. The van der Waals surface area contributed by atoms with Gasteiger partial charge in [-0.25, -0.2) is 0 Å². The second-order valence-electron chi connectivity index (χ2n) is 8.86. The van der Waals surface area contributed by atoms with E-state index in [9.17, 15) is 19.8 Å². The van der Waals surface area contributed by atoms with Gasteiger partial charge in [0.2, 0.25) is 10.9 Å². The van der Waals surface area contributed by atoms with Crippen LogP contribution in [-0.2, 0) is 12.8 Å². The van der Waals surface area contributed by atoms with Crippen LogP contribution >= 0.6 is 0 Å². The molecule has 2 N–H and O–H groups in total. The minimum absolute atomic E-state index is 0.177. The lowest BCUT2D eigenvalue weighted by Gasteiger charge is -2.29. The van der Waals surface area contributed by atoms with E-state index in [1.165, 1.54) is 24.3 Å². The number of hydrogen-bond acceptors (Lipinski definition) is 6. The number of aryl methyl sites for hydroxylation is 2. The molecule has 0 bridgehead atoms. The Kier molecular flexibility index (Phi) is 6.27. The fraction of sp³-hybridized carbons (Fsp3) is 0.333. The second-order valence-corrected chi connectivity index (χ2v) is 8.86. The topological polar surface area (TPSA) is 93.1 Å². The van der Waals surface area contributed by atoms with E-state index in [1.807, 2.05) is 38.2 Å². The number of hydrogen-bond donors (Lipinski definition) is 2. The van der Waals surface area contributed by atoms with Gasteiger partial charge in [-0.3, -0.25) is 9.59 Å². The molecule has 0 saturated carbocycles. The van der Waals surface area contributed by atoms with Gasteiger partial charge in [-0.15, -0.1) is 0 Å². The first-order chi connectivity index (χ1) is 15.7. The first-order valence-corrected chi connectivity index (χ1v) is 11.1. The van der Waals surface area contributed by atoms with E-state index in [-0.39, 0.29) is 29.6 Å². The van der Waals surface area contributed by atoms with Crippen LogP contribution in [0.5, 0.6) is 23.0 Å². The van der Waals surface area contributed by atoms with Gasteiger partial charge in [-0.1, -0.05) is 19.1 Å². The average molecular weight is 449 g/mol. The molecule has 33 heavy (non-hydrogen) atoms. The lowest BCUT2D eigenvalue weighted by atomic mass is 9.91. The van der Waals surface area contributed by atoms with Crippen LogP contribution < -0.4 is 20.3 Å². The Labute approximate surface area is 192 Å². The van der Waals surface area contributed by atoms with E-state index in [0.29, 0.717) is 11.5 Å². The summed E-state index contributed by atoms with van der Waals surface area (Å²) in [6.07, 6.45) is 9.58. The van der Waals surface area contributed by atoms with Crippen molar-refractivity contribution in [2.75, 3.05) is 0 Å². The molecule has 0 radical (unpaired) electrons. The Balaban J connectivity index is 1.47. The van der Waals surface area contributed by atoms with Crippen molar-refractivity contribution in [1.82, 2.24) is 0 Å². The minimum Gasteiger partial charge on any atom is -0.504 e. The van der Waals surface area contributed by atoms with Gasteiger partial charge in [0.25, 0.3) is 0 Å². The van der Waals surface area contributed by atoms with E-state index in [4.69, 9.17) is 9.47 Å². The Morgan fingerprint density at radius 3 is 2.09 bits per heavy atom. The summed E-state index contributed by atoms with van der Waals surface area (Å²) >= 11 is 0. The van der Waals surface area contributed by atoms with Crippen LogP contribution in [0.4, 0.5) is 0 Å². The maximum absolute atomic E-state index is 12.0. The third-order valence-electron chi connectivity index (χ3n) is 6.33. The Morgan fingerprint density at radius 2 is 1.42 bits per heavy atom. The zero-order chi connectivity index (χ0) is 23.7. The molecule has 2 aromatic carbocycles. The molecule has 4 rings (SSSR count). The van der Waals surface area contributed by atoms with E-state index in [1.54, 1.807) is 0 Å². The molecule has 3 atom stereocenters. The first-order valence-electron chi connectivity index (χ1n) is 11.1. The SMILES string of the molecule is Cc1cc(O)c(=O)cc2c1CCC(C=CC=CC1Oc3cc(=O)c(O)cc(C)c3CC1C)O2. The molecule has 6 nitrogen and oxygen atoms in total. The van der Waals surface area contributed by atoms with Crippen LogP contribution in [0.3, 0.4) is 0 Å². The summed E-state index contributed by atoms with van der Waals surface area (Å²) < 4.78 is 12.1. The van der Waals surface area contributed by atoms with Gasteiger partial charge in [0.05, 0.1) is 0 Å². The summed E-state index contributed by atoms with van der Waals surface area (Å²) in [5, 5.41) is 19.6. The largest absolute Gasteiger partial charge is 0.504 e. The number of fused-ring (bicyclic) bond motifs is 2. The molecule has 172 valence electrons.